The SMILES string of the molecule is CCOC(=O)C1(O)CC=C[C@H]2[C@@H]1C[C@@H](c1ccco1)N2C(=O)OCc1ccccc1. The van der Waals surface area contributed by atoms with Gasteiger partial charge in [0.1, 0.15) is 12.4 Å². The summed E-state index contributed by atoms with van der Waals surface area (Å²) in [5.74, 6) is -0.608. The molecule has 2 aromatic rings. The first-order valence-corrected chi connectivity index (χ1v) is 10.1. The Morgan fingerprint density at radius 3 is 2.70 bits per heavy atom. The number of aliphatic hydroxyl groups is 1. The highest BCUT2D eigenvalue weighted by Gasteiger charge is 2.58. The van der Waals surface area contributed by atoms with Crippen LogP contribution >= 0.6 is 0 Å². The molecule has 1 aliphatic carbocycles. The van der Waals surface area contributed by atoms with Gasteiger partial charge in [0.2, 0.25) is 0 Å². The van der Waals surface area contributed by atoms with Gasteiger partial charge in [0.05, 0.1) is 25.0 Å². The zero-order valence-corrected chi connectivity index (χ0v) is 16.8. The van der Waals surface area contributed by atoms with Gasteiger partial charge in [-0.15, -0.1) is 0 Å². The van der Waals surface area contributed by atoms with E-state index >= 15 is 0 Å². The Bertz CT molecular complexity index is 909. The van der Waals surface area contributed by atoms with E-state index < -0.39 is 35.7 Å². The summed E-state index contributed by atoms with van der Waals surface area (Å²) < 4.78 is 16.3. The van der Waals surface area contributed by atoms with Gasteiger partial charge >= 0.3 is 12.1 Å². The molecule has 1 aliphatic heterocycles. The molecule has 158 valence electrons. The molecule has 1 amide bonds. The fourth-order valence-corrected chi connectivity index (χ4v) is 4.41. The molecule has 30 heavy (non-hydrogen) atoms. The van der Waals surface area contributed by atoms with Gasteiger partial charge in [0, 0.05) is 12.3 Å². The van der Waals surface area contributed by atoms with Crippen LogP contribution in [0, 0.1) is 5.92 Å². The Morgan fingerprint density at radius 2 is 2.00 bits per heavy atom. The maximum atomic E-state index is 13.1. The maximum Gasteiger partial charge on any atom is 0.411 e. The molecule has 4 atom stereocenters. The van der Waals surface area contributed by atoms with E-state index in [1.807, 2.05) is 36.4 Å². The van der Waals surface area contributed by atoms with Crippen LogP contribution in [0.15, 0.2) is 65.3 Å². The fourth-order valence-electron chi connectivity index (χ4n) is 4.41. The lowest BCUT2D eigenvalue weighted by Gasteiger charge is -2.37. The fraction of sp³-hybridized carbons (Fsp3) is 0.391. The Hall–Kier alpha value is -3.06. The zero-order valence-electron chi connectivity index (χ0n) is 16.8. The normalized spacial score (nSPS) is 27.5. The Balaban J connectivity index is 1.61. The highest BCUT2D eigenvalue weighted by molar-refractivity contribution is 5.81. The molecule has 7 heteroatoms. The number of hydrogen-bond donors (Lipinski definition) is 1. The third kappa shape index (κ3) is 3.61. The predicted octanol–water partition coefficient (Wildman–Crippen LogP) is 3.60. The van der Waals surface area contributed by atoms with Gasteiger partial charge in [-0.1, -0.05) is 42.5 Å². The van der Waals surface area contributed by atoms with Gasteiger partial charge in [-0.25, -0.2) is 9.59 Å². The number of furan rings is 1. The number of amides is 1. The van der Waals surface area contributed by atoms with E-state index in [1.165, 1.54) is 6.26 Å². The number of esters is 1. The third-order valence-corrected chi connectivity index (χ3v) is 5.84. The topological polar surface area (TPSA) is 89.2 Å². The van der Waals surface area contributed by atoms with Gasteiger partial charge in [0.15, 0.2) is 5.60 Å². The first-order valence-electron chi connectivity index (χ1n) is 10.1. The smallest absolute Gasteiger partial charge is 0.411 e. The van der Waals surface area contributed by atoms with E-state index in [9.17, 15) is 14.7 Å². The molecule has 1 aromatic heterocycles. The van der Waals surface area contributed by atoms with E-state index in [-0.39, 0.29) is 19.6 Å². The summed E-state index contributed by atoms with van der Waals surface area (Å²) in [6.45, 7) is 2.00. The minimum atomic E-state index is -1.70. The van der Waals surface area contributed by atoms with Crippen molar-refractivity contribution in [3.05, 3.63) is 72.2 Å². The molecule has 0 radical (unpaired) electrons. The molecule has 1 unspecified atom stereocenters. The average molecular weight is 411 g/mol. The monoisotopic (exact) mass is 411 g/mol. The standard InChI is InChI=1S/C23H25NO6/c1-2-28-21(25)23(27)12-6-10-18-17(23)14-19(20-11-7-13-29-20)24(18)22(26)30-15-16-8-4-3-5-9-16/h3-11,13,17-19,27H,2,12,14-15H2,1H3/t17-,18-,19-,23?/m0/s1. The summed E-state index contributed by atoms with van der Waals surface area (Å²) in [6, 6.07) is 12.0. The highest BCUT2D eigenvalue weighted by atomic mass is 16.6. The Labute approximate surface area is 174 Å². The van der Waals surface area contributed by atoms with Crippen molar-refractivity contribution < 1.29 is 28.6 Å². The number of carbonyl (C=O) groups excluding carboxylic acids is 2. The Kier molecular flexibility index (Phi) is 5.63. The van der Waals surface area contributed by atoms with Crippen molar-refractivity contribution in [2.75, 3.05) is 6.61 Å². The van der Waals surface area contributed by atoms with E-state index in [1.54, 1.807) is 30.0 Å². The van der Waals surface area contributed by atoms with Crippen molar-refractivity contribution in [2.24, 2.45) is 5.92 Å². The number of nitrogens with zero attached hydrogens (tertiary/aromatic N) is 1. The molecule has 0 bridgehead atoms. The van der Waals surface area contributed by atoms with Gasteiger partial charge in [-0.3, -0.25) is 4.90 Å². The molecule has 1 aromatic carbocycles. The quantitative estimate of drug-likeness (QED) is 0.597. The lowest BCUT2D eigenvalue weighted by Crippen LogP contribution is -2.53. The van der Waals surface area contributed by atoms with Gasteiger partial charge in [-0.2, -0.15) is 0 Å². The van der Waals surface area contributed by atoms with Crippen LogP contribution in [0.1, 0.15) is 37.1 Å². The maximum absolute atomic E-state index is 13.1. The summed E-state index contributed by atoms with van der Waals surface area (Å²) in [7, 11) is 0. The summed E-state index contributed by atoms with van der Waals surface area (Å²) in [5, 5.41) is 11.2. The molecule has 1 saturated heterocycles. The van der Waals surface area contributed by atoms with E-state index in [2.05, 4.69) is 0 Å². The first-order chi connectivity index (χ1) is 14.5. The van der Waals surface area contributed by atoms with E-state index in [0.717, 1.165) is 5.56 Å². The van der Waals surface area contributed by atoms with Crippen molar-refractivity contribution in [3.8, 4) is 0 Å². The lowest BCUT2D eigenvalue weighted by atomic mass is 9.75. The van der Waals surface area contributed by atoms with Crippen LogP contribution < -0.4 is 0 Å². The third-order valence-electron chi connectivity index (χ3n) is 5.84. The Morgan fingerprint density at radius 1 is 1.20 bits per heavy atom. The number of ether oxygens (including phenoxy) is 2. The second-order valence-electron chi connectivity index (χ2n) is 7.59. The van der Waals surface area contributed by atoms with Crippen molar-refractivity contribution in [1.29, 1.82) is 0 Å². The summed E-state index contributed by atoms with van der Waals surface area (Å²) >= 11 is 0. The largest absolute Gasteiger partial charge is 0.467 e. The molecular formula is C23H25NO6. The van der Waals surface area contributed by atoms with E-state index in [4.69, 9.17) is 13.9 Å². The van der Waals surface area contributed by atoms with Crippen molar-refractivity contribution in [3.63, 3.8) is 0 Å². The van der Waals surface area contributed by atoms with Gasteiger partial charge in [-0.05, 0) is 31.0 Å². The minimum absolute atomic E-state index is 0.129. The van der Waals surface area contributed by atoms with Crippen molar-refractivity contribution >= 4 is 12.1 Å². The highest BCUT2D eigenvalue weighted by Crippen LogP contribution is 2.49. The van der Waals surface area contributed by atoms with Gasteiger partial charge < -0.3 is 19.0 Å². The molecule has 0 spiro atoms. The molecular weight excluding hydrogens is 386 g/mol. The molecule has 2 aliphatic rings. The average Bonchev–Trinajstić information content (AvgIpc) is 3.41. The number of likely N-dealkylation sites (tertiary alicyclic amines) is 1. The second kappa shape index (κ2) is 8.36. The van der Waals surface area contributed by atoms with Gasteiger partial charge in [0.25, 0.3) is 0 Å². The van der Waals surface area contributed by atoms with Crippen LogP contribution in [0.3, 0.4) is 0 Å². The van der Waals surface area contributed by atoms with Crippen molar-refractivity contribution in [1.82, 2.24) is 4.90 Å². The zero-order chi connectivity index (χ0) is 21.1. The molecule has 4 rings (SSSR count). The number of fused-ring (bicyclic) bond motifs is 1. The molecule has 1 N–H and O–H groups in total. The van der Waals surface area contributed by atoms with E-state index in [0.29, 0.717) is 12.2 Å². The second-order valence-corrected chi connectivity index (χ2v) is 7.59. The first kappa shape index (κ1) is 20.2. The van der Waals surface area contributed by atoms with Crippen LogP contribution in [0.2, 0.25) is 0 Å². The molecule has 2 heterocycles. The van der Waals surface area contributed by atoms with Crippen LogP contribution in [0.5, 0.6) is 0 Å². The van der Waals surface area contributed by atoms with Crippen LogP contribution in [0.4, 0.5) is 4.79 Å². The lowest BCUT2D eigenvalue weighted by molar-refractivity contribution is -0.172. The summed E-state index contributed by atoms with van der Waals surface area (Å²) in [5.41, 5.74) is -0.826. The number of benzene rings is 1. The van der Waals surface area contributed by atoms with Crippen LogP contribution in [0.25, 0.3) is 0 Å². The molecule has 7 nitrogen and oxygen atoms in total. The predicted molar refractivity (Wildman–Crippen MR) is 107 cm³/mol. The molecule has 1 fully saturated rings. The van der Waals surface area contributed by atoms with Crippen LogP contribution in [-0.2, 0) is 20.9 Å². The van der Waals surface area contributed by atoms with Crippen LogP contribution in [-0.4, -0.2) is 40.3 Å². The number of hydrogen-bond acceptors (Lipinski definition) is 6. The summed E-state index contributed by atoms with van der Waals surface area (Å²) in [6.07, 6.45) is 5.09. The molecule has 0 saturated carbocycles. The number of rotatable bonds is 5. The number of carbonyl (C=O) groups is 2. The minimum Gasteiger partial charge on any atom is -0.467 e. The van der Waals surface area contributed by atoms with Crippen molar-refractivity contribution in [2.45, 2.75) is 44.1 Å². The summed E-state index contributed by atoms with van der Waals surface area (Å²) in [4.78, 5) is 27.3.